The second-order valence-corrected chi connectivity index (χ2v) is 6.49. The van der Waals surface area contributed by atoms with Crippen molar-refractivity contribution >= 4 is 38.2 Å². The van der Waals surface area contributed by atoms with Crippen molar-refractivity contribution in [3.05, 3.63) is 28.9 Å². The van der Waals surface area contributed by atoms with Gasteiger partial charge in [-0.25, -0.2) is 0 Å². The lowest BCUT2D eigenvalue weighted by Crippen LogP contribution is -2.41. The molecule has 0 saturated heterocycles. The fourth-order valence-electron chi connectivity index (χ4n) is 2.90. The summed E-state index contributed by atoms with van der Waals surface area (Å²) in [4.78, 5) is 6.79. The molecule has 0 atom stereocenters. The van der Waals surface area contributed by atoms with E-state index in [0.717, 1.165) is 34.0 Å². The van der Waals surface area contributed by atoms with Crippen LogP contribution in [0.2, 0.25) is 0 Å². The second kappa shape index (κ2) is 6.20. The van der Waals surface area contributed by atoms with Gasteiger partial charge in [-0.2, -0.15) is 0 Å². The molecule has 1 aliphatic rings. The van der Waals surface area contributed by atoms with E-state index < -0.39 is 0 Å². The van der Waals surface area contributed by atoms with Gasteiger partial charge in [0.2, 0.25) is 0 Å². The number of rotatable bonds is 5. The van der Waals surface area contributed by atoms with Gasteiger partial charge in [-0.05, 0) is 43.9 Å². The Hall–Kier alpha value is -1.33. The van der Waals surface area contributed by atoms with Crippen molar-refractivity contribution < 1.29 is 5.11 Å². The van der Waals surface area contributed by atoms with Crippen LogP contribution in [-0.4, -0.2) is 29.3 Å². The molecule has 0 amide bonds. The number of aliphatic hydroxyl groups is 1. The molecule has 1 aromatic heterocycles. The van der Waals surface area contributed by atoms with Gasteiger partial charge in [-0.3, -0.25) is 4.98 Å². The summed E-state index contributed by atoms with van der Waals surface area (Å²) in [7, 11) is 0. The molecule has 1 heterocycles. The summed E-state index contributed by atoms with van der Waals surface area (Å²) >= 11 is 3.53. The fourth-order valence-corrected chi connectivity index (χ4v) is 3.26. The first-order valence-corrected chi connectivity index (χ1v) is 8.21. The zero-order valence-electron chi connectivity index (χ0n) is 11.9. The van der Waals surface area contributed by atoms with Crippen LogP contribution in [0.1, 0.15) is 25.7 Å². The Morgan fingerprint density at radius 2 is 2.19 bits per heavy atom. The lowest BCUT2D eigenvalue weighted by Gasteiger charge is -2.40. The van der Waals surface area contributed by atoms with E-state index in [1.165, 1.54) is 19.3 Å². The van der Waals surface area contributed by atoms with Crippen molar-refractivity contribution in [2.75, 3.05) is 23.8 Å². The smallest absolute Gasteiger partial charge is 0.0745 e. The number of fused-ring (bicyclic) bond motifs is 1. The van der Waals surface area contributed by atoms with Crippen molar-refractivity contribution in [2.45, 2.75) is 31.7 Å². The molecule has 0 unspecified atom stereocenters. The summed E-state index contributed by atoms with van der Waals surface area (Å²) in [6, 6.07) is 6.62. The maximum Gasteiger partial charge on any atom is 0.0745 e. The van der Waals surface area contributed by atoms with Crippen molar-refractivity contribution in [3.63, 3.8) is 0 Å². The average Bonchev–Trinajstić information content (AvgIpc) is 2.41. The zero-order chi connectivity index (χ0) is 14.8. The Bertz CT molecular complexity index is 637. The standard InChI is InChI=1S/C16H20BrN3O/c17-11-5-6-15-13(9-11)16(14(18)10-19-15)20(7-2-8-21)12-3-1-4-12/h5-6,9-10,12,21H,1-4,7-8,18H2. The van der Waals surface area contributed by atoms with Crippen LogP contribution in [0.3, 0.4) is 0 Å². The van der Waals surface area contributed by atoms with Gasteiger partial charge in [-0.1, -0.05) is 15.9 Å². The Labute approximate surface area is 133 Å². The summed E-state index contributed by atoms with van der Waals surface area (Å²) in [5.74, 6) is 0. The monoisotopic (exact) mass is 349 g/mol. The largest absolute Gasteiger partial charge is 0.396 e. The van der Waals surface area contributed by atoms with Crippen LogP contribution in [0, 0.1) is 0 Å². The summed E-state index contributed by atoms with van der Waals surface area (Å²) < 4.78 is 1.03. The number of hydrogen-bond donors (Lipinski definition) is 2. The van der Waals surface area contributed by atoms with E-state index in [2.05, 4.69) is 31.9 Å². The number of aromatic nitrogens is 1. The van der Waals surface area contributed by atoms with Gasteiger partial charge < -0.3 is 15.7 Å². The molecule has 0 bridgehead atoms. The maximum atomic E-state index is 9.18. The van der Waals surface area contributed by atoms with E-state index in [-0.39, 0.29) is 6.61 Å². The van der Waals surface area contributed by atoms with E-state index in [0.29, 0.717) is 11.7 Å². The topological polar surface area (TPSA) is 62.4 Å². The molecule has 0 spiro atoms. The summed E-state index contributed by atoms with van der Waals surface area (Å²) in [6.45, 7) is 1.03. The van der Waals surface area contributed by atoms with Gasteiger partial charge in [0.25, 0.3) is 0 Å². The Morgan fingerprint density at radius 1 is 1.38 bits per heavy atom. The molecule has 0 radical (unpaired) electrons. The van der Waals surface area contributed by atoms with E-state index in [1.54, 1.807) is 6.20 Å². The number of halogens is 1. The first kappa shape index (κ1) is 14.6. The third-order valence-electron chi connectivity index (χ3n) is 4.19. The van der Waals surface area contributed by atoms with Crippen molar-refractivity contribution in [1.82, 2.24) is 4.98 Å². The third kappa shape index (κ3) is 2.85. The van der Waals surface area contributed by atoms with Crippen LogP contribution in [0.5, 0.6) is 0 Å². The van der Waals surface area contributed by atoms with Crippen LogP contribution >= 0.6 is 15.9 Å². The Kier molecular flexibility index (Phi) is 4.31. The molecule has 3 N–H and O–H groups in total. The highest BCUT2D eigenvalue weighted by atomic mass is 79.9. The van der Waals surface area contributed by atoms with Gasteiger partial charge in [-0.15, -0.1) is 0 Å². The molecule has 1 fully saturated rings. The molecule has 3 rings (SSSR count). The minimum absolute atomic E-state index is 0.204. The highest BCUT2D eigenvalue weighted by Crippen LogP contribution is 2.38. The lowest BCUT2D eigenvalue weighted by atomic mass is 9.90. The molecule has 1 aliphatic carbocycles. The number of anilines is 2. The predicted molar refractivity (Wildman–Crippen MR) is 90.5 cm³/mol. The number of nitrogens with zero attached hydrogens (tertiary/aromatic N) is 2. The Balaban J connectivity index is 2.10. The first-order chi connectivity index (χ1) is 10.2. The highest BCUT2D eigenvalue weighted by Gasteiger charge is 2.27. The van der Waals surface area contributed by atoms with Gasteiger partial charge in [0.05, 0.1) is 23.1 Å². The minimum atomic E-state index is 0.204. The molecule has 21 heavy (non-hydrogen) atoms. The number of hydrogen-bond acceptors (Lipinski definition) is 4. The van der Waals surface area contributed by atoms with Crippen LogP contribution in [0.4, 0.5) is 11.4 Å². The van der Waals surface area contributed by atoms with Crippen molar-refractivity contribution in [1.29, 1.82) is 0 Å². The normalized spacial score (nSPS) is 15.1. The molecule has 1 aromatic carbocycles. The van der Waals surface area contributed by atoms with E-state index in [1.807, 2.05) is 12.1 Å². The zero-order valence-corrected chi connectivity index (χ0v) is 13.5. The summed E-state index contributed by atoms with van der Waals surface area (Å²) in [6.07, 6.45) is 6.17. The van der Waals surface area contributed by atoms with E-state index in [4.69, 9.17) is 5.73 Å². The van der Waals surface area contributed by atoms with E-state index >= 15 is 0 Å². The third-order valence-corrected chi connectivity index (χ3v) is 4.68. The second-order valence-electron chi connectivity index (χ2n) is 5.58. The van der Waals surface area contributed by atoms with Gasteiger partial charge in [0.1, 0.15) is 0 Å². The molecule has 2 aromatic rings. The highest BCUT2D eigenvalue weighted by molar-refractivity contribution is 9.10. The van der Waals surface area contributed by atoms with Crippen LogP contribution < -0.4 is 10.6 Å². The van der Waals surface area contributed by atoms with Gasteiger partial charge in [0.15, 0.2) is 0 Å². The van der Waals surface area contributed by atoms with Crippen molar-refractivity contribution in [2.24, 2.45) is 0 Å². The molecular weight excluding hydrogens is 330 g/mol. The summed E-state index contributed by atoms with van der Waals surface area (Å²) in [5, 5.41) is 10.3. The first-order valence-electron chi connectivity index (χ1n) is 7.42. The summed E-state index contributed by atoms with van der Waals surface area (Å²) in [5.41, 5.74) is 8.98. The quantitative estimate of drug-likeness (QED) is 0.868. The predicted octanol–water partition coefficient (Wildman–Crippen LogP) is 3.32. The lowest BCUT2D eigenvalue weighted by molar-refractivity contribution is 0.283. The number of pyridine rings is 1. The number of nitrogen functional groups attached to an aromatic ring is 1. The van der Waals surface area contributed by atoms with E-state index in [9.17, 15) is 5.11 Å². The molecular formula is C16H20BrN3O. The van der Waals surface area contributed by atoms with Crippen molar-refractivity contribution in [3.8, 4) is 0 Å². The number of aliphatic hydroxyl groups excluding tert-OH is 1. The van der Waals surface area contributed by atoms with Crippen LogP contribution in [0.25, 0.3) is 10.9 Å². The molecule has 1 saturated carbocycles. The van der Waals surface area contributed by atoms with Gasteiger partial charge in [0, 0.05) is 29.1 Å². The minimum Gasteiger partial charge on any atom is -0.396 e. The number of nitrogens with two attached hydrogens (primary N) is 1. The van der Waals surface area contributed by atoms with Gasteiger partial charge >= 0.3 is 0 Å². The maximum absolute atomic E-state index is 9.18. The Morgan fingerprint density at radius 3 is 2.86 bits per heavy atom. The molecule has 4 nitrogen and oxygen atoms in total. The number of benzene rings is 1. The molecule has 112 valence electrons. The van der Waals surface area contributed by atoms with Crippen LogP contribution in [-0.2, 0) is 0 Å². The fraction of sp³-hybridized carbons (Fsp3) is 0.438. The molecule has 0 aliphatic heterocycles. The SMILES string of the molecule is Nc1cnc2ccc(Br)cc2c1N(CCCO)C1CCC1. The van der Waals surface area contributed by atoms with Crippen LogP contribution in [0.15, 0.2) is 28.9 Å². The molecule has 5 heteroatoms. The average molecular weight is 350 g/mol.